The van der Waals surface area contributed by atoms with Gasteiger partial charge in [-0.15, -0.1) is 10.2 Å². The van der Waals surface area contributed by atoms with Gasteiger partial charge in [-0.3, -0.25) is 0 Å². The molecule has 1 aliphatic rings. The Hall–Kier alpha value is -3.00. The van der Waals surface area contributed by atoms with Crippen molar-refractivity contribution in [3.05, 3.63) is 72.5 Å². The van der Waals surface area contributed by atoms with Crippen molar-refractivity contribution in [3.63, 3.8) is 0 Å². The molecule has 0 N–H and O–H groups in total. The van der Waals surface area contributed by atoms with Crippen LogP contribution in [-0.2, 0) is 9.84 Å². The standard InChI is InChI=1S/C20H19FN4O2S/c21-17-8-4-5-9-18(17)24-12-14-25(15-13-24)19-10-11-20(23-22-19)28(26,27)16-6-2-1-3-7-16/h1-11H,12-15H2. The van der Waals surface area contributed by atoms with Gasteiger partial charge in [0.15, 0.2) is 10.8 Å². The van der Waals surface area contributed by atoms with Crippen molar-refractivity contribution in [2.45, 2.75) is 9.92 Å². The van der Waals surface area contributed by atoms with Crippen LogP contribution < -0.4 is 9.80 Å². The molecule has 0 unspecified atom stereocenters. The summed E-state index contributed by atoms with van der Waals surface area (Å²) < 4.78 is 39.1. The molecule has 0 atom stereocenters. The highest BCUT2D eigenvalue weighted by Crippen LogP contribution is 2.23. The number of sulfone groups is 1. The van der Waals surface area contributed by atoms with Gasteiger partial charge in [0, 0.05) is 26.2 Å². The largest absolute Gasteiger partial charge is 0.366 e. The van der Waals surface area contributed by atoms with E-state index in [1.54, 1.807) is 36.4 Å². The molecular formula is C20H19FN4O2S. The lowest BCUT2D eigenvalue weighted by Gasteiger charge is -2.36. The summed E-state index contributed by atoms with van der Waals surface area (Å²) in [5.41, 5.74) is 0.595. The van der Waals surface area contributed by atoms with Crippen LogP contribution in [0.3, 0.4) is 0 Å². The summed E-state index contributed by atoms with van der Waals surface area (Å²) in [5.74, 6) is 0.381. The summed E-state index contributed by atoms with van der Waals surface area (Å²) in [4.78, 5) is 4.20. The first-order chi connectivity index (χ1) is 13.6. The van der Waals surface area contributed by atoms with E-state index in [9.17, 15) is 12.8 Å². The molecule has 8 heteroatoms. The van der Waals surface area contributed by atoms with E-state index in [0.717, 1.165) is 0 Å². The second kappa shape index (κ2) is 7.55. The smallest absolute Gasteiger partial charge is 0.225 e. The summed E-state index contributed by atoms with van der Waals surface area (Å²) >= 11 is 0. The van der Waals surface area contributed by atoms with Crippen LogP contribution in [0, 0.1) is 5.82 Å². The fourth-order valence-corrected chi connectivity index (χ4v) is 4.38. The number of piperazine rings is 1. The third kappa shape index (κ3) is 3.55. The van der Waals surface area contributed by atoms with Gasteiger partial charge in [0.1, 0.15) is 5.82 Å². The number of nitrogens with zero attached hydrogens (tertiary/aromatic N) is 4. The van der Waals surface area contributed by atoms with Crippen LogP contribution in [0.5, 0.6) is 0 Å². The van der Waals surface area contributed by atoms with E-state index in [4.69, 9.17) is 0 Å². The van der Waals surface area contributed by atoms with Gasteiger partial charge < -0.3 is 9.80 Å². The predicted octanol–water partition coefficient (Wildman–Crippen LogP) is 2.78. The minimum absolute atomic E-state index is 0.0764. The van der Waals surface area contributed by atoms with Crippen molar-refractivity contribution in [1.29, 1.82) is 0 Å². The second-order valence-electron chi connectivity index (χ2n) is 6.47. The summed E-state index contributed by atoms with van der Waals surface area (Å²) in [7, 11) is -3.68. The molecule has 6 nitrogen and oxygen atoms in total. The van der Waals surface area contributed by atoms with Crippen LogP contribution in [0.1, 0.15) is 0 Å². The first-order valence-electron chi connectivity index (χ1n) is 8.94. The van der Waals surface area contributed by atoms with E-state index < -0.39 is 9.84 Å². The number of hydrogen-bond donors (Lipinski definition) is 0. The Morgan fingerprint density at radius 3 is 2.04 bits per heavy atom. The maximum Gasteiger partial charge on any atom is 0.225 e. The Labute approximate surface area is 163 Å². The lowest BCUT2D eigenvalue weighted by atomic mass is 10.2. The Morgan fingerprint density at radius 2 is 1.39 bits per heavy atom. The van der Waals surface area contributed by atoms with Gasteiger partial charge in [-0.2, -0.15) is 0 Å². The van der Waals surface area contributed by atoms with E-state index >= 15 is 0 Å². The molecule has 28 heavy (non-hydrogen) atoms. The monoisotopic (exact) mass is 398 g/mol. The first-order valence-corrected chi connectivity index (χ1v) is 10.4. The Morgan fingerprint density at radius 1 is 0.750 bits per heavy atom. The molecular weight excluding hydrogens is 379 g/mol. The quantitative estimate of drug-likeness (QED) is 0.673. The molecule has 0 saturated carbocycles. The van der Waals surface area contributed by atoms with Crippen LogP contribution in [0.15, 0.2) is 76.7 Å². The van der Waals surface area contributed by atoms with Crippen molar-refractivity contribution in [1.82, 2.24) is 10.2 Å². The van der Waals surface area contributed by atoms with Crippen LogP contribution in [-0.4, -0.2) is 44.8 Å². The van der Waals surface area contributed by atoms with E-state index in [-0.39, 0.29) is 15.7 Å². The lowest BCUT2D eigenvalue weighted by Crippen LogP contribution is -2.47. The van der Waals surface area contributed by atoms with Gasteiger partial charge >= 0.3 is 0 Å². The molecule has 1 aliphatic heterocycles. The second-order valence-corrected chi connectivity index (χ2v) is 8.37. The highest BCUT2D eigenvalue weighted by atomic mass is 32.2. The van der Waals surface area contributed by atoms with Crippen molar-refractivity contribution in [2.75, 3.05) is 36.0 Å². The average Bonchev–Trinajstić information content (AvgIpc) is 2.75. The maximum atomic E-state index is 14.0. The van der Waals surface area contributed by atoms with E-state index in [0.29, 0.717) is 37.7 Å². The molecule has 0 bridgehead atoms. The van der Waals surface area contributed by atoms with E-state index in [1.165, 1.54) is 24.3 Å². The van der Waals surface area contributed by atoms with Crippen molar-refractivity contribution < 1.29 is 12.8 Å². The van der Waals surface area contributed by atoms with Crippen molar-refractivity contribution in [3.8, 4) is 0 Å². The van der Waals surface area contributed by atoms with Gasteiger partial charge in [0.2, 0.25) is 9.84 Å². The Bertz CT molecular complexity index is 1050. The zero-order chi connectivity index (χ0) is 19.6. The summed E-state index contributed by atoms with van der Waals surface area (Å²) in [5, 5.41) is 7.98. The molecule has 3 aromatic rings. The van der Waals surface area contributed by atoms with E-state index in [2.05, 4.69) is 10.2 Å². The topological polar surface area (TPSA) is 66.4 Å². The summed E-state index contributed by atoms with van der Waals surface area (Å²) in [6, 6.07) is 18.0. The van der Waals surface area contributed by atoms with Gasteiger partial charge in [0.05, 0.1) is 10.6 Å². The van der Waals surface area contributed by atoms with Gasteiger partial charge in [-0.1, -0.05) is 30.3 Å². The normalized spacial score (nSPS) is 14.9. The van der Waals surface area contributed by atoms with Gasteiger partial charge in [-0.25, -0.2) is 12.8 Å². The fraction of sp³-hybridized carbons (Fsp3) is 0.200. The number of hydrogen-bond acceptors (Lipinski definition) is 6. The average molecular weight is 398 g/mol. The molecule has 1 fully saturated rings. The number of benzene rings is 2. The summed E-state index contributed by atoms with van der Waals surface area (Å²) in [6.45, 7) is 2.58. The highest BCUT2D eigenvalue weighted by molar-refractivity contribution is 7.91. The molecule has 0 amide bonds. The molecule has 4 rings (SSSR count). The number of aromatic nitrogens is 2. The summed E-state index contributed by atoms with van der Waals surface area (Å²) in [6.07, 6.45) is 0. The lowest BCUT2D eigenvalue weighted by molar-refractivity contribution is 0.587. The molecule has 1 aromatic heterocycles. The zero-order valence-electron chi connectivity index (χ0n) is 15.1. The third-order valence-electron chi connectivity index (χ3n) is 4.75. The molecule has 0 aliphatic carbocycles. The molecule has 2 aromatic carbocycles. The number of anilines is 2. The highest BCUT2D eigenvalue weighted by Gasteiger charge is 2.23. The minimum atomic E-state index is -3.68. The van der Waals surface area contributed by atoms with E-state index in [1.807, 2.05) is 15.9 Å². The molecule has 0 spiro atoms. The van der Waals surface area contributed by atoms with Crippen LogP contribution >= 0.6 is 0 Å². The van der Waals surface area contributed by atoms with Crippen LogP contribution in [0.4, 0.5) is 15.9 Å². The van der Waals surface area contributed by atoms with Crippen molar-refractivity contribution in [2.24, 2.45) is 0 Å². The Kier molecular flexibility index (Phi) is 4.95. The van der Waals surface area contributed by atoms with Crippen LogP contribution in [0.2, 0.25) is 0 Å². The Balaban J connectivity index is 1.46. The third-order valence-corrected chi connectivity index (χ3v) is 6.41. The number of para-hydroxylation sites is 1. The molecule has 2 heterocycles. The number of rotatable bonds is 4. The first kappa shape index (κ1) is 18.4. The molecule has 0 radical (unpaired) electrons. The maximum absolute atomic E-state index is 14.0. The minimum Gasteiger partial charge on any atom is -0.366 e. The van der Waals surface area contributed by atoms with Crippen LogP contribution in [0.25, 0.3) is 0 Å². The number of halogens is 1. The van der Waals surface area contributed by atoms with Gasteiger partial charge in [0.25, 0.3) is 0 Å². The molecule has 1 saturated heterocycles. The SMILES string of the molecule is O=S(=O)(c1ccccc1)c1ccc(N2CCN(c3ccccc3F)CC2)nn1. The zero-order valence-corrected chi connectivity index (χ0v) is 15.9. The molecule has 144 valence electrons. The van der Waals surface area contributed by atoms with Crippen molar-refractivity contribution >= 4 is 21.3 Å². The predicted molar refractivity (Wildman–Crippen MR) is 105 cm³/mol. The van der Waals surface area contributed by atoms with Gasteiger partial charge in [-0.05, 0) is 36.4 Å². The fourth-order valence-electron chi connectivity index (χ4n) is 3.23.